The van der Waals surface area contributed by atoms with Gasteiger partial charge in [-0.15, -0.1) is 0 Å². The summed E-state index contributed by atoms with van der Waals surface area (Å²) in [5.41, 5.74) is 0.718. The SMILES string of the molecule is CC(C)(CCCCOc1ccc(OCCCCCn2ccnc2)cc1)C(=O)NCc1ccccc1. The van der Waals surface area contributed by atoms with Crippen LogP contribution in [0.2, 0.25) is 0 Å². The number of aryl methyl sites for hydroxylation is 1. The first-order valence-corrected chi connectivity index (χ1v) is 12.7. The fraction of sp³-hybridized carbons (Fsp3) is 0.448. The lowest BCUT2D eigenvalue weighted by Crippen LogP contribution is -2.36. The molecule has 0 fully saturated rings. The van der Waals surface area contributed by atoms with Crippen LogP contribution in [0.4, 0.5) is 0 Å². The number of hydrogen-bond acceptors (Lipinski definition) is 4. The van der Waals surface area contributed by atoms with Crippen molar-refractivity contribution >= 4 is 5.91 Å². The van der Waals surface area contributed by atoms with Crippen molar-refractivity contribution in [2.75, 3.05) is 13.2 Å². The normalized spacial score (nSPS) is 11.3. The van der Waals surface area contributed by atoms with E-state index >= 15 is 0 Å². The molecule has 0 atom stereocenters. The van der Waals surface area contributed by atoms with Gasteiger partial charge in [-0.05, 0) is 68.4 Å². The van der Waals surface area contributed by atoms with Gasteiger partial charge in [-0.1, -0.05) is 44.2 Å². The molecule has 2 aromatic carbocycles. The van der Waals surface area contributed by atoms with Crippen molar-refractivity contribution in [3.8, 4) is 11.5 Å². The zero-order valence-corrected chi connectivity index (χ0v) is 21.1. The van der Waals surface area contributed by atoms with Gasteiger partial charge >= 0.3 is 0 Å². The zero-order chi connectivity index (χ0) is 24.8. The summed E-state index contributed by atoms with van der Waals surface area (Å²) >= 11 is 0. The minimum absolute atomic E-state index is 0.0936. The van der Waals surface area contributed by atoms with Gasteiger partial charge in [0.15, 0.2) is 0 Å². The van der Waals surface area contributed by atoms with Crippen LogP contribution >= 0.6 is 0 Å². The van der Waals surface area contributed by atoms with Crippen LogP contribution in [0.3, 0.4) is 0 Å². The largest absolute Gasteiger partial charge is 0.494 e. The Morgan fingerprint density at radius 3 is 2.17 bits per heavy atom. The van der Waals surface area contributed by atoms with E-state index in [1.54, 1.807) is 0 Å². The highest BCUT2D eigenvalue weighted by Crippen LogP contribution is 2.24. The van der Waals surface area contributed by atoms with Gasteiger partial charge in [0, 0.05) is 30.9 Å². The van der Waals surface area contributed by atoms with E-state index in [2.05, 4.69) is 14.9 Å². The molecule has 0 radical (unpaired) electrons. The third kappa shape index (κ3) is 9.85. The molecule has 0 saturated heterocycles. The van der Waals surface area contributed by atoms with Crippen molar-refractivity contribution in [3.05, 3.63) is 78.9 Å². The first-order chi connectivity index (χ1) is 17.0. The molecule has 6 heteroatoms. The van der Waals surface area contributed by atoms with E-state index in [1.807, 2.05) is 87.2 Å². The van der Waals surface area contributed by atoms with E-state index in [1.165, 1.54) is 0 Å². The minimum Gasteiger partial charge on any atom is -0.494 e. The highest BCUT2D eigenvalue weighted by atomic mass is 16.5. The summed E-state index contributed by atoms with van der Waals surface area (Å²) in [5.74, 6) is 1.81. The Labute approximate surface area is 209 Å². The van der Waals surface area contributed by atoms with E-state index in [0.29, 0.717) is 13.2 Å². The van der Waals surface area contributed by atoms with Gasteiger partial charge in [-0.25, -0.2) is 4.98 Å². The number of aromatic nitrogens is 2. The van der Waals surface area contributed by atoms with Crippen LogP contribution in [0.25, 0.3) is 0 Å². The summed E-state index contributed by atoms with van der Waals surface area (Å²) in [4.78, 5) is 16.6. The van der Waals surface area contributed by atoms with Gasteiger partial charge in [-0.3, -0.25) is 4.79 Å². The Morgan fingerprint density at radius 2 is 1.54 bits per heavy atom. The van der Waals surface area contributed by atoms with Crippen molar-refractivity contribution in [3.63, 3.8) is 0 Å². The smallest absolute Gasteiger partial charge is 0.225 e. The molecule has 0 bridgehead atoms. The maximum absolute atomic E-state index is 12.6. The lowest BCUT2D eigenvalue weighted by molar-refractivity contribution is -0.129. The second-order valence-corrected chi connectivity index (χ2v) is 9.54. The molecular formula is C29H39N3O3. The number of carbonyl (C=O) groups is 1. The number of amides is 1. The number of ether oxygens (including phenoxy) is 2. The molecule has 0 spiro atoms. The predicted octanol–water partition coefficient (Wildman–Crippen LogP) is 6.02. The van der Waals surface area contributed by atoms with Crippen LogP contribution < -0.4 is 14.8 Å². The number of unbranched alkanes of at least 4 members (excludes halogenated alkanes) is 3. The maximum atomic E-state index is 12.6. The lowest BCUT2D eigenvalue weighted by atomic mass is 9.86. The summed E-state index contributed by atoms with van der Waals surface area (Å²) < 4.78 is 13.8. The summed E-state index contributed by atoms with van der Waals surface area (Å²) in [6.07, 6.45) is 11.6. The fourth-order valence-corrected chi connectivity index (χ4v) is 3.80. The van der Waals surface area contributed by atoms with Gasteiger partial charge < -0.3 is 19.4 Å². The number of nitrogens with one attached hydrogen (secondary N) is 1. The van der Waals surface area contributed by atoms with E-state index in [4.69, 9.17) is 9.47 Å². The molecule has 0 aliphatic heterocycles. The summed E-state index contributed by atoms with van der Waals surface area (Å²) in [6.45, 7) is 6.94. The molecular weight excluding hydrogens is 438 g/mol. The van der Waals surface area contributed by atoms with Crippen LogP contribution in [0, 0.1) is 5.41 Å². The topological polar surface area (TPSA) is 65.4 Å². The number of benzene rings is 2. The van der Waals surface area contributed by atoms with Crippen LogP contribution in [0.5, 0.6) is 11.5 Å². The van der Waals surface area contributed by atoms with Crippen LogP contribution in [0.1, 0.15) is 57.9 Å². The Balaban J connectivity index is 1.23. The molecule has 3 rings (SSSR count). The van der Waals surface area contributed by atoms with Crippen molar-refractivity contribution in [2.24, 2.45) is 5.41 Å². The molecule has 1 amide bonds. The highest BCUT2D eigenvalue weighted by Gasteiger charge is 2.26. The monoisotopic (exact) mass is 477 g/mol. The number of rotatable bonds is 16. The number of hydrogen-bond donors (Lipinski definition) is 1. The zero-order valence-electron chi connectivity index (χ0n) is 21.1. The third-order valence-electron chi connectivity index (χ3n) is 6.09. The number of carbonyl (C=O) groups excluding carboxylic acids is 1. The van der Waals surface area contributed by atoms with Gasteiger partial charge in [-0.2, -0.15) is 0 Å². The second-order valence-electron chi connectivity index (χ2n) is 9.54. The maximum Gasteiger partial charge on any atom is 0.225 e. The van der Waals surface area contributed by atoms with E-state index < -0.39 is 5.41 Å². The molecule has 0 aliphatic rings. The summed E-state index contributed by atoms with van der Waals surface area (Å²) in [7, 11) is 0. The summed E-state index contributed by atoms with van der Waals surface area (Å²) in [5, 5.41) is 3.06. The molecule has 1 heterocycles. The molecule has 1 N–H and O–H groups in total. The standard InChI is InChI=1S/C29H39N3O3/c1-29(2,28(33)31-23-25-11-5-3-6-12-25)17-7-10-22-35-27-15-13-26(14-16-27)34-21-9-4-8-19-32-20-18-30-24-32/h3,5-6,11-16,18,20,24H,4,7-10,17,19,21-23H2,1-2H3,(H,31,33). The van der Waals surface area contributed by atoms with Gasteiger partial charge in [0.25, 0.3) is 0 Å². The van der Waals surface area contributed by atoms with Crippen LogP contribution in [-0.2, 0) is 17.9 Å². The quantitative estimate of drug-likeness (QED) is 0.256. The van der Waals surface area contributed by atoms with E-state index in [9.17, 15) is 4.79 Å². The Bertz CT molecular complexity index is 970. The predicted molar refractivity (Wildman–Crippen MR) is 139 cm³/mol. The fourth-order valence-electron chi connectivity index (χ4n) is 3.80. The van der Waals surface area contributed by atoms with Gasteiger partial charge in [0.1, 0.15) is 11.5 Å². The molecule has 0 unspecified atom stereocenters. The molecule has 188 valence electrons. The van der Waals surface area contributed by atoms with Gasteiger partial charge in [0.05, 0.1) is 19.5 Å². The molecule has 1 aromatic heterocycles. The van der Waals surface area contributed by atoms with E-state index in [-0.39, 0.29) is 5.91 Å². The van der Waals surface area contributed by atoms with E-state index in [0.717, 1.165) is 68.7 Å². The molecule has 6 nitrogen and oxygen atoms in total. The minimum atomic E-state index is -0.396. The molecule has 3 aromatic rings. The van der Waals surface area contributed by atoms with Gasteiger partial charge in [0.2, 0.25) is 5.91 Å². The average Bonchev–Trinajstić information content (AvgIpc) is 3.39. The van der Waals surface area contributed by atoms with Crippen molar-refractivity contribution < 1.29 is 14.3 Å². The Kier molecular flexibility index (Phi) is 10.7. The first-order valence-electron chi connectivity index (χ1n) is 12.7. The highest BCUT2D eigenvalue weighted by molar-refractivity contribution is 5.81. The average molecular weight is 478 g/mol. The molecule has 35 heavy (non-hydrogen) atoms. The summed E-state index contributed by atoms with van der Waals surface area (Å²) in [6, 6.07) is 17.8. The van der Waals surface area contributed by atoms with Crippen molar-refractivity contribution in [1.82, 2.24) is 14.9 Å². The molecule has 0 saturated carbocycles. The lowest BCUT2D eigenvalue weighted by Gasteiger charge is -2.23. The Hall–Kier alpha value is -3.28. The number of nitrogens with zero attached hydrogens (tertiary/aromatic N) is 2. The third-order valence-corrected chi connectivity index (χ3v) is 6.09. The molecule has 0 aliphatic carbocycles. The van der Waals surface area contributed by atoms with Crippen LogP contribution in [-0.4, -0.2) is 28.7 Å². The van der Waals surface area contributed by atoms with Crippen molar-refractivity contribution in [2.45, 2.75) is 65.5 Å². The van der Waals surface area contributed by atoms with Crippen molar-refractivity contribution in [1.29, 1.82) is 0 Å². The Morgan fingerprint density at radius 1 is 0.886 bits per heavy atom. The first kappa shape index (κ1) is 26.3. The van der Waals surface area contributed by atoms with Crippen LogP contribution in [0.15, 0.2) is 73.3 Å². The number of imidazole rings is 1. The second kappa shape index (κ2) is 14.2.